The van der Waals surface area contributed by atoms with Gasteiger partial charge in [0.25, 0.3) is 5.91 Å². The summed E-state index contributed by atoms with van der Waals surface area (Å²) >= 11 is 18.6. The van der Waals surface area contributed by atoms with Crippen molar-refractivity contribution in [3.8, 4) is 0 Å². The number of thiophene rings is 2. The summed E-state index contributed by atoms with van der Waals surface area (Å²) in [7, 11) is -3.48. The second-order valence-electron chi connectivity index (χ2n) is 28.3. The number of rotatable bonds is 13. The van der Waals surface area contributed by atoms with Gasteiger partial charge in [0, 0.05) is 54.4 Å². The number of hydrogen-bond donors (Lipinski definition) is 1. The number of amides is 1. The van der Waals surface area contributed by atoms with Crippen LogP contribution in [0, 0.1) is 20.8 Å². The number of carboxylic acids is 1. The molecule has 0 spiro atoms. The summed E-state index contributed by atoms with van der Waals surface area (Å²) in [5.41, 5.74) is 7.00. The van der Waals surface area contributed by atoms with Crippen LogP contribution < -0.4 is 0 Å². The summed E-state index contributed by atoms with van der Waals surface area (Å²) in [6, 6.07) is 9.70. The van der Waals surface area contributed by atoms with Crippen molar-refractivity contribution < 1.29 is 74.1 Å². The van der Waals surface area contributed by atoms with Crippen LogP contribution in [-0.4, -0.2) is 212 Å². The monoisotopic (exact) mass is 1590 g/mol. The predicted molar refractivity (Wildman–Crippen MR) is 396 cm³/mol. The number of carbonyl (C=O) groups is 3. The van der Waals surface area contributed by atoms with Crippen LogP contribution in [0.25, 0.3) is 33.1 Å². The van der Waals surface area contributed by atoms with Gasteiger partial charge in [0.15, 0.2) is 62.7 Å². The molecule has 15 rings (SSSR count). The molecule has 0 saturated carbocycles. The third-order valence-electron chi connectivity index (χ3n) is 19.0. The maximum atomic E-state index is 13.6. The number of ketones is 1. The molecule has 25 nitrogen and oxygen atoms in total. The van der Waals surface area contributed by atoms with Crippen molar-refractivity contribution in [2.75, 3.05) is 32.9 Å². The topological polar surface area (TPSA) is 268 Å². The average Bonchev–Trinajstić information content (AvgIpc) is 1.59. The van der Waals surface area contributed by atoms with E-state index in [0.717, 1.165) is 84.1 Å². The van der Waals surface area contributed by atoms with Crippen molar-refractivity contribution >= 4 is 154 Å². The zero-order chi connectivity index (χ0) is 74.6. The minimum Gasteiger partial charge on any atom is -1.00 e. The van der Waals surface area contributed by atoms with Crippen LogP contribution in [0.3, 0.4) is 0 Å². The Kier molecular flexibility index (Phi) is 23.3. The number of hydrogen-bond acceptors (Lipinski definition) is 22. The van der Waals surface area contributed by atoms with E-state index in [1.807, 2.05) is 107 Å². The fourth-order valence-corrected chi connectivity index (χ4v) is 17.7. The van der Waals surface area contributed by atoms with E-state index in [9.17, 15) is 19.5 Å². The van der Waals surface area contributed by atoms with Crippen LogP contribution in [0.4, 0.5) is 0 Å². The van der Waals surface area contributed by atoms with Gasteiger partial charge >= 0.3 is 29.0 Å². The second-order valence-corrected chi connectivity index (χ2v) is 37.8. The Morgan fingerprint density at radius 1 is 0.663 bits per heavy atom. The molecular weight excluding hydrogens is 1500 g/mol. The maximum absolute atomic E-state index is 13.6. The fraction of sp³-hybridized carbons (Fsp3) is 0.574. The molecule has 1 amide bonds. The molecule has 1 N–H and O–H groups in total. The van der Waals surface area contributed by atoms with Gasteiger partial charge < -0.3 is 78.4 Å². The first-order valence-corrected chi connectivity index (χ1v) is 39.2. The number of morpholine rings is 1. The van der Waals surface area contributed by atoms with E-state index in [-0.39, 0.29) is 42.6 Å². The van der Waals surface area contributed by atoms with E-state index in [2.05, 4.69) is 86.6 Å². The summed E-state index contributed by atoms with van der Waals surface area (Å²) < 4.78 is 92.2. The first-order chi connectivity index (χ1) is 48.5. The molecule has 0 radical (unpaired) electrons. The largest absolute Gasteiger partial charge is 2.00 e. The number of ether oxygens (including phenoxy) is 10. The summed E-state index contributed by atoms with van der Waals surface area (Å²) in [5, 5.41) is 12.5. The van der Waals surface area contributed by atoms with Gasteiger partial charge in [-0.1, -0.05) is 57.3 Å². The average molecular weight is 1590 g/mol. The second kappa shape index (κ2) is 31.4. The van der Waals surface area contributed by atoms with Crippen LogP contribution >= 0.6 is 71.5 Å². The van der Waals surface area contributed by atoms with Crippen LogP contribution in [-0.2, 0) is 74.2 Å². The van der Waals surface area contributed by atoms with Crippen LogP contribution in [0.1, 0.15) is 135 Å². The molecule has 0 aliphatic carbocycles. The number of fused-ring (bicyclic) bond motifs is 6. The van der Waals surface area contributed by atoms with Crippen LogP contribution in [0.2, 0.25) is 26.8 Å². The van der Waals surface area contributed by atoms with Gasteiger partial charge in [-0.2, -0.15) is 9.73 Å². The Hall–Kier alpha value is -4.10. The normalized spacial score (nSPS) is 27.2. The Bertz CT molecular complexity index is 4380. The number of Topliss-reactive ketones (excluding diaryl/α,β-unsaturated/α-hetero) is 1. The van der Waals surface area contributed by atoms with Gasteiger partial charge in [-0.25, -0.2) is 34.7 Å². The zero-order valence-electron chi connectivity index (χ0n) is 64.2. The molecule has 15 heterocycles. The molecular formula is C68H90BrCl2MgN10O15PS2Si. The molecule has 12 atom stereocenters. The van der Waals surface area contributed by atoms with Crippen molar-refractivity contribution in [1.82, 2.24) is 48.5 Å². The van der Waals surface area contributed by atoms with Gasteiger partial charge in [-0.15, -0.1) is 22.7 Å². The minimum atomic E-state index is -1.87. The molecule has 101 heavy (non-hydrogen) atoms. The maximum Gasteiger partial charge on any atom is 2.00 e. The predicted octanol–water partition coefficient (Wildman–Crippen LogP) is 12.6. The number of nitrogens with zero attached hydrogens (tertiary/aromatic N) is 10. The number of aliphatic carboxylic acids is 1. The molecule has 8 aromatic heterocycles. The molecule has 7 aliphatic rings. The third-order valence-corrected chi connectivity index (χ3v) is 26.9. The van der Waals surface area contributed by atoms with E-state index >= 15 is 0 Å². The van der Waals surface area contributed by atoms with E-state index in [1.54, 1.807) is 34.7 Å². The summed E-state index contributed by atoms with van der Waals surface area (Å²) in [6.07, 6.45) is 5.52. The Labute approximate surface area is 640 Å². The molecule has 7 fully saturated rings. The smallest absolute Gasteiger partial charge is 1.00 e. The zero-order valence-corrected chi connectivity index (χ0v) is 67.2. The number of aryl methyl sites for hydroxylation is 4. The van der Waals surface area contributed by atoms with Crippen molar-refractivity contribution in [3.63, 3.8) is 0 Å². The Balaban J connectivity index is 0.000000177. The molecule has 0 bridgehead atoms. The van der Waals surface area contributed by atoms with E-state index in [0.29, 0.717) is 41.2 Å². The first kappa shape index (κ1) is 75.1. The van der Waals surface area contributed by atoms with Crippen LogP contribution in [0.15, 0.2) is 71.7 Å². The molecule has 7 aliphatic heterocycles. The molecule has 0 aromatic carbocycles. The van der Waals surface area contributed by atoms with Crippen molar-refractivity contribution in [2.24, 2.45) is 0 Å². The van der Waals surface area contributed by atoms with Crippen molar-refractivity contribution in [3.05, 3.63) is 113 Å². The quantitative estimate of drug-likeness (QED) is 0.0638. The first-order valence-electron chi connectivity index (χ1n) is 34.5. The SMILES string of the molecule is CC(C)(C)[Si](C)(C)OCCc1cc(Cl)sc1Br.CCCc1cc(Cl)sc1C(=O)[C@H]1O[C@@H](n2ccc3c(C)ncnc32)[C@@H]2OC(C)(C)O[C@@H]21.Cc1ncnc2c1ccn2[C@@H]1O[C@H](C(=O)N2CCOCC2)[C@H]2OC(C)(C)O[C@H]21.Cc1ncnc2c1ccn2[C@@H]1O[C@H](C(=O)O)[C@H]2OC(C)(C)O[C@H]21.[3H]P([3H])[3H].[H-].[H-].[Mg+2]. The van der Waals surface area contributed by atoms with Gasteiger partial charge in [0.05, 0.1) is 51.5 Å². The van der Waals surface area contributed by atoms with E-state index in [4.69, 9.17) is 78.8 Å². The van der Waals surface area contributed by atoms with Crippen LogP contribution in [0.5, 0.6) is 0 Å². The van der Waals surface area contributed by atoms with E-state index in [1.165, 1.54) is 35.9 Å². The summed E-state index contributed by atoms with van der Waals surface area (Å²) in [6.45, 7) is 33.1. The van der Waals surface area contributed by atoms with Gasteiger partial charge in [0.2, 0.25) is 5.78 Å². The number of aromatic nitrogens is 9. The fourth-order valence-electron chi connectivity index (χ4n) is 13.2. The molecule has 33 heteroatoms. The molecule has 546 valence electrons. The van der Waals surface area contributed by atoms with Gasteiger partial charge in [0.1, 0.15) is 72.5 Å². The minimum absolute atomic E-state index is 0. The number of halogens is 3. The summed E-state index contributed by atoms with van der Waals surface area (Å²) in [5.74, 6) is -3.70. The Morgan fingerprint density at radius 3 is 1.48 bits per heavy atom. The molecule has 7 saturated heterocycles. The number of carboxylic acid groups (broad SMARTS) is 1. The standard InChI is InChI=1S/C22H24ClN3O4S.C19H24N4O5.C15H17N3O5.C12H20BrClOSSi.Mg.H3P.2H/c1-5-6-12-9-14(23)31-19(12)15(27)16-17-18(30-22(3,4)29-17)21(28-16)26-8-7-13-11(2)24-10-25-20(13)26;1-11-12-4-5-23(16(12)21-10-20-11)18-15-13(27-19(2,3)28-15)14(26-18)17(24)22-6-8-25-9-7-22;1-7-8-4-5-18(12(8)17-6-16-7)13-10-9(11(21-13)14(19)20)22-15(2,3)23-10;1-12(2,3)17(4,5)15-7-6-9-8-10(14)16-11(9)13;;;;/h7-10,16-18,21H,5-6H2,1-4H3;4-5,10,13-15,18H,6-9H2,1-3H3;4-6,9-11,13H,1-3H3,(H,19,20);8H,6-7H2,1-5H3;;1H3;;/q;;;;+2;;2*-1/t16-,17-,18-,21-;13-,14+,15-,18-;9-,10+,11-,13+;;;;;/m110...../s1/i;;;;;1T3;;. The number of carbonyl (C=O) groups excluding carboxylic acids is 2. The summed E-state index contributed by atoms with van der Waals surface area (Å²) in [4.78, 5) is 66.5. The Morgan fingerprint density at radius 2 is 1.06 bits per heavy atom. The third kappa shape index (κ3) is 16.6. The van der Waals surface area contributed by atoms with Gasteiger partial charge in [-0.05, 0) is 151 Å². The van der Waals surface area contributed by atoms with E-state index < -0.39 is 115 Å². The molecule has 0 unspecified atom stereocenters. The van der Waals surface area contributed by atoms with Crippen molar-refractivity contribution in [1.29, 1.82) is 3.84 Å². The molecule has 8 aromatic rings. The van der Waals surface area contributed by atoms with Crippen molar-refractivity contribution in [2.45, 2.75) is 218 Å². The van der Waals surface area contributed by atoms with Gasteiger partial charge in [-0.3, -0.25) is 9.59 Å².